The number of carbonyl (C=O) groups excluding carboxylic acids is 2. The van der Waals surface area contributed by atoms with E-state index >= 15 is 0 Å². The van der Waals surface area contributed by atoms with E-state index in [1.165, 1.54) is 0 Å². The molecule has 0 fully saturated rings. The Hall–Kier alpha value is -2.33. The van der Waals surface area contributed by atoms with Crippen LogP contribution in [0.5, 0.6) is 0 Å². The highest BCUT2D eigenvalue weighted by atomic mass is 35.5. The normalized spacial score (nSPS) is 11.6. The maximum atomic E-state index is 11.8. The molecule has 1 atom stereocenters. The minimum absolute atomic E-state index is 0.0414. The quantitative estimate of drug-likeness (QED) is 0.813. The van der Waals surface area contributed by atoms with Crippen molar-refractivity contribution in [1.29, 1.82) is 0 Å². The van der Waals surface area contributed by atoms with Gasteiger partial charge < -0.3 is 10.1 Å². The van der Waals surface area contributed by atoms with Crippen LogP contribution in [0, 0.1) is 0 Å². The summed E-state index contributed by atoms with van der Waals surface area (Å²) in [6, 6.07) is 16.5. The monoisotopic (exact) mass is 331 g/mol. The second-order valence-electron chi connectivity index (χ2n) is 5.24. The summed E-state index contributed by atoms with van der Waals surface area (Å²) in [5, 5.41) is 3.15. The molecule has 0 bridgehead atoms. The van der Waals surface area contributed by atoms with Crippen LogP contribution in [-0.4, -0.2) is 18.5 Å². The summed E-state index contributed by atoms with van der Waals surface area (Å²) < 4.78 is 5.01. The van der Waals surface area contributed by atoms with Crippen molar-refractivity contribution in [3.05, 3.63) is 65.2 Å². The predicted molar refractivity (Wildman–Crippen MR) is 90.5 cm³/mol. The molecule has 2 rings (SSSR count). The predicted octanol–water partition coefficient (Wildman–Crippen LogP) is 4.02. The van der Waals surface area contributed by atoms with Crippen molar-refractivity contribution in [2.24, 2.45) is 0 Å². The number of ether oxygens (including phenoxy) is 1. The van der Waals surface area contributed by atoms with Gasteiger partial charge in [0.25, 0.3) is 5.91 Å². The standard InChI is InChI=1S/C18H18ClNO3/c1-13(14-6-3-2-4-7-14)10-18(22)23-12-17(21)20-16-9-5-8-15(19)11-16/h2-9,11,13H,10,12H2,1H3,(H,20,21). The van der Waals surface area contributed by atoms with Crippen molar-refractivity contribution in [3.8, 4) is 0 Å². The minimum atomic E-state index is -0.400. The molecular weight excluding hydrogens is 314 g/mol. The van der Waals surface area contributed by atoms with Crippen LogP contribution in [0.4, 0.5) is 5.69 Å². The lowest BCUT2D eigenvalue weighted by molar-refractivity contribution is -0.147. The summed E-state index contributed by atoms with van der Waals surface area (Å²) in [5.41, 5.74) is 1.63. The number of hydrogen-bond acceptors (Lipinski definition) is 3. The van der Waals surface area contributed by atoms with Crippen molar-refractivity contribution in [3.63, 3.8) is 0 Å². The van der Waals surface area contributed by atoms with E-state index in [4.69, 9.17) is 16.3 Å². The van der Waals surface area contributed by atoms with Crippen LogP contribution in [0.1, 0.15) is 24.8 Å². The van der Waals surface area contributed by atoms with Crippen LogP contribution in [0.2, 0.25) is 5.02 Å². The molecule has 1 unspecified atom stereocenters. The highest BCUT2D eigenvalue weighted by Gasteiger charge is 2.13. The van der Waals surface area contributed by atoms with Crippen molar-refractivity contribution in [2.75, 3.05) is 11.9 Å². The molecule has 2 aromatic carbocycles. The zero-order valence-electron chi connectivity index (χ0n) is 12.8. The molecule has 4 nitrogen and oxygen atoms in total. The number of rotatable bonds is 6. The second kappa shape index (κ2) is 8.34. The molecule has 0 aliphatic heterocycles. The number of anilines is 1. The maximum absolute atomic E-state index is 11.8. The lowest BCUT2D eigenvalue weighted by atomic mass is 9.98. The average molecular weight is 332 g/mol. The third-order valence-electron chi connectivity index (χ3n) is 3.31. The van der Waals surface area contributed by atoms with E-state index in [0.29, 0.717) is 10.7 Å². The van der Waals surface area contributed by atoms with Crippen LogP contribution < -0.4 is 5.32 Å². The summed E-state index contributed by atoms with van der Waals surface area (Å²) >= 11 is 5.83. The molecule has 0 heterocycles. The highest BCUT2D eigenvalue weighted by Crippen LogP contribution is 2.19. The Morgan fingerprint density at radius 3 is 2.57 bits per heavy atom. The van der Waals surface area contributed by atoms with E-state index in [9.17, 15) is 9.59 Å². The maximum Gasteiger partial charge on any atom is 0.306 e. The first-order valence-electron chi connectivity index (χ1n) is 7.30. The van der Waals surface area contributed by atoms with Crippen LogP contribution >= 0.6 is 11.6 Å². The Morgan fingerprint density at radius 1 is 1.13 bits per heavy atom. The number of hydrogen-bond donors (Lipinski definition) is 1. The van der Waals surface area contributed by atoms with Gasteiger partial charge >= 0.3 is 5.97 Å². The third kappa shape index (κ3) is 5.75. The first-order chi connectivity index (χ1) is 11.0. The van der Waals surface area contributed by atoms with Crippen molar-refractivity contribution < 1.29 is 14.3 Å². The molecule has 0 saturated heterocycles. The molecule has 23 heavy (non-hydrogen) atoms. The lowest BCUT2D eigenvalue weighted by Gasteiger charge is -2.11. The van der Waals surface area contributed by atoms with E-state index in [-0.39, 0.29) is 18.9 Å². The minimum Gasteiger partial charge on any atom is -0.456 e. The SMILES string of the molecule is CC(CC(=O)OCC(=O)Nc1cccc(Cl)c1)c1ccccc1. The van der Waals surface area contributed by atoms with E-state index in [1.54, 1.807) is 24.3 Å². The Labute approximate surface area is 140 Å². The summed E-state index contributed by atoms with van der Waals surface area (Å²) in [5.74, 6) is -0.754. The Bertz CT molecular complexity index is 673. The van der Waals surface area contributed by atoms with Gasteiger partial charge in [-0.15, -0.1) is 0 Å². The number of amides is 1. The molecule has 120 valence electrons. The Kier molecular flexibility index (Phi) is 6.18. The summed E-state index contributed by atoms with van der Waals surface area (Å²) in [4.78, 5) is 23.6. The number of halogens is 1. The van der Waals surface area contributed by atoms with E-state index < -0.39 is 11.9 Å². The summed E-state index contributed by atoms with van der Waals surface area (Å²) in [6.07, 6.45) is 0.231. The van der Waals surface area contributed by atoms with E-state index in [0.717, 1.165) is 5.56 Å². The van der Waals surface area contributed by atoms with Gasteiger partial charge in [-0.05, 0) is 29.7 Å². The van der Waals surface area contributed by atoms with Crippen LogP contribution in [-0.2, 0) is 14.3 Å². The summed E-state index contributed by atoms with van der Waals surface area (Å²) in [7, 11) is 0. The molecule has 0 radical (unpaired) electrons. The fourth-order valence-corrected chi connectivity index (χ4v) is 2.31. The largest absolute Gasteiger partial charge is 0.456 e. The van der Waals surface area contributed by atoms with Gasteiger partial charge in [-0.3, -0.25) is 9.59 Å². The smallest absolute Gasteiger partial charge is 0.306 e. The number of nitrogens with one attached hydrogen (secondary N) is 1. The number of carbonyl (C=O) groups is 2. The average Bonchev–Trinajstić information content (AvgIpc) is 2.54. The van der Waals surface area contributed by atoms with Gasteiger partial charge in [-0.25, -0.2) is 0 Å². The Balaban J connectivity index is 1.76. The highest BCUT2D eigenvalue weighted by molar-refractivity contribution is 6.30. The molecule has 2 aromatic rings. The zero-order valence-corrected chi connectivity index (χ0v) is 13.5. The second-order valence-corrected chi connectivity index (χ2v) is 5.67. The van der Waals surface area contributed by atoms with Gasteiger partial charge in [0.1, 0.15) is 0 Å². The van der Waals surface area contributed by atoms with Gasteiger partial charge in [0.05, 0.1) is 6.42 Å². The fraction of sp³-hybridized carbons (Fsp3) is 0.222. The molecule has 0 aliphatic carbocycles. The fourth-order valence-electron chi connectivity index (χ4n) is 2.12. The van der Waals surface area contributed by atoms with E-state index in [2.05, 4.69) is 5.32 Å². The van der Waals surface area contributed by atoms with Gasteiger partial charge in [0.2, 0.25) is 0 Å². The molecule has 0 saturated carbocycles. The lowest BCUT2D eigenvalue weighted by Crippen LogP contribution is -2.21. The van der Waals surface area contributed by atoms with Gasteiger partial charge in [-0.2, -0.15) is 0 Å². The molecule has 1 amide bonds. The molecule has 5 heteroatoms. The molecule has 0 aromatic heterocycles. The Morgan fingerprint density at radius 2 is 1.87 bits per heavy atom. The first-order valence-corrected chi connectivity index (χ1v) is 7.68. The van der Waals surface area contributed by atoms with Crippen molar-refractivity contribution >= 4 is 29.2 Å². The van der Waals surface area contributed by atoms with Crippen LogP contribution in [0.25, 0.3) is 0 Å². The molecule has 1 N–H and O–H groups in total. The van der Waals surface area contributed by atoms with Crippen molar-refractivity contribution in [1.82, 2.24) is 0 Å². The van der Waals surface area contributed by atoms with Crippen LogP contribution in [0.15, 0.2) is 54.6 Å². The zero-order chi connectivity index (χ0) is 16.7. The topological polar surface area (TPSA) is 55.4 Å². The molecule has 0 aliphatic rings. The third-order valence-corrected chi connectivity index (χ3v) is 3.55. The van der Waals surface area contributed by atoms with Crippen molar-refractivity contribution in [2.45, 2.75) is 19.3 Å². The number of benzene rings is 2. The molecular formula is C18H18ClNO3. The van der Waals surface area contributed by atoms with E-state index in [1.807, 2.05) is 37.3 Å². The molecule has 0 spiro atoms. The van der Waals surface area contributed by atoms with Gasteiger partial charge in [0.15, 0.2) is 6.61 Å². The summed E-state index contributed by atoms with van der Waals surface area (Å²) in [6.45, 7) is 1.63. The van der Waals surface area contributed by atoms with Gasteiger partial charge in [-0.1, -0.05) is 54.9 Å². The van der Waals surface area contributed by atoms with Gasteiger partial charge in [0, 0.05) is 10.7 Å². The first kappa shape index (κ1) is 17.0. The van der Waals surface area contributed by atoms with Crippen LogP contribution in [0.3, 0.4) is 0 Å². The number of esters is 1.